The highest BCUT2D eigenvalue weighted by Crippen LogP contribution is 2.33. The molecule has 0 radical (unpaired) electrons. The number of nitrogen functional groups attached to an aromatic ring is 1. The van der Waals surface area contributed by atoms with Crippen LogP contribution in [0.5, 0.6) is 11.5 Å². The minimum Gasteiger partial charge on any atom is -0.457 e. The number of nitrogens with one attached hydrogen (secondary N) is 2. The zero-order valence-electron chi connectivity index (χ0n) is 22.7. The number of pyridine rings is 1. The molecule has 4 N–H and O–H groups in total. The van der Waals surface area contributed by atoms with Crippen LogP contribution in [0.3, 0.4) is 0 Å². The Bertz CT molecular complexity index is 1510. The number of halogens is 1. The molecule has 13 heteroatoms. The van der Waals surface area contributed by atoms with Gasteiger partial charge in [0.05, 0.1) is 11.1 Å². The van der Waals surface area contributed by atoms with Crippen LogP contribution in [-0.4, -0.2) is 67.8 Å². The predicted octanol–water partition coefficient (Wildman–Crippen LogP) is 4.31. The molecule has 1 saturated heterocycles. The number of rotatable bonds is 4. The average molecular weight is 551 g/mol. The molecule has 2 amide bonds. The standard InChI is InChI=1S/C18H14FN7O2.C9H17NO2/c1-21-18(27)13-7-10(4-5-22-13)28-9-2-3-11(12(19)6-9)15-14-16(20)23-8-24-17(14)26-25-15;1-9(2,3)12-8(11)10-6-4-5-7-10/h2-8H,1H3,(H,21,27)(H3,20,23,24,25,26);4-7H2,1-3H3. The van der Waals surface area contributed by atoms with E-state index in [1.54, 1.807) is 17.0 Å². The van der Waals surface area contributed by atoms with E-state index >= 15 is 0 Å². The van der Waals surface area contributed by atoms with Gasteiger partial charge in [-0.2, -0.15) is 5.10 Å². The number of hydrogen-bond donors (Lipinski definition) is 3. The summed E-state index contributed by atoms with van der Waals surface area (Å²) in [6.45, 7) is 7.38. The number of aromatic nitrogens is 5. The number of H-pyrrole nitrogens is 1. The monoisotopic (exact) mass is 550 g/mol. The number of likely N-dealkylation sites (tertiary alicyclic amines) is 1. The van der Waals surface area contributed by atoms with E-state index in [1.807, 2.05) is 20.8 Å². The van der Waals surface area contributed by atoms with E-state index in [4.69, 9.17) is 15.2 Å². The molecule has 3 aromatic heterocycles. The number of carbonyl (C=O) groups is 2. The molecule has 1 aliphatic rings. The summed E-state index contributed by atoms with van der Waals surface area (Å²) in [4.78, 5) is 36.7. The molecule has 40 heavy (non-hydrogen) atoms. The highest BCUT2D eigenvalue weighted by atomic mass is 19.1. The molecular formula is C27H31FN8O4. The molecule has 0 spiro atoms. The summed E-state index contributed by atoms with van der Waals surface area (Å²) in [7, 11) is 1.50. The maximum Gasteiger partial charge on any atom is 0.410 e. The van der Waals surface area contributed by atoms with Crippen molar-refractivity contribution in [2.75, 3.05) is 25.9 Å². The quantitative estimate of drug-likeness (QED) is 0.336. The number of anilines is 1. The Hall–Kier alpha value is -4.81. The van der Waals surface area contributed by atoms with Gasteiger partial charge in [0.15, 0.2) is 5.65 Å². The molecule has 4 heterocycles. The molecule has 1 aliphatic heterocycles. The molecule has 1 aromatic carbocycles. The van der Waals surface area contributed by atoms with E-state index in [9.17, 15) is 14.0 Å². The lowest BCUT2D eigenvalue weighted by Gasteiger charge is -2.23. The third-order valence-electron chi connectivity index (χ3n) is 5.77. The number of amides is 2. The number of nitrogens with zero attached hydrogens (tertiary/aromatic N) is 5. The van der Waals surface area contributed by atoms with Crippen molar-refractivity contribution in [3.8, 4) is 22.8 Å². The van der Waals surface area contributed by atoms with Crippen LogP contribution in [0, 0.1) is 5.82 Å². The summed E-state index contributed by atoms with van der Waals surface area (Å²) in [6, 6.07) is 7.38. The van der Waals surface area contributed by atoms with Crippen molar-refractivity contribution in [3.05, 3.63) is 54.4 Å². The number of benzene rings is 1. The smallest absolute Gasteiger partial charge is 0.410 e. The van der Waals surface area contributed by atoms with Gasteiger partial charge >= 0.3 is 6.09 Å². The minimum absolute atomic E-state index is 0.167. The van der Waals surface area contributed by atoms with Crippen LogP contribution in [0.2, 0.25) is 0 Å². The van der Waals surface area contributed by atoms with Crippen molar-refractivity contribution in [3.63, 3.8) is 0 Å². The molecular weight excluding hydrogens is 519 g/mol. The lowest BCUT2D eigenvalue weighted by Crippen LogP contribution is -2.34. The van der Waals surface area contributed by atoms with E-state index in [2.05, 4.69) is 30.5 Å². The van der Waals surface area contributed by atoms with Crippen molar-refractivity contribution in [1.82, 2.24) is 35.4 Å². The summed E-state index contributed by atoms with van der Waals surface area (Å²) in [5.41, 5.74) is 6.68. The molecule has 0 atom stereocenters. The Morgan fingerprint density at radius 1 is 1.07 bits per heavy atom. The predicted molar refractivity (Wildman–Crippen MR) is 146 cm³/mol. The Morgan fingerprint density at radius 3 is 2.48 bits per heavy atom. The second-order valence-corrected chi connectivity index (χ2v) is 9.93. The SMILES string of the molecule is CC(C)(C)OC(=O)N1CCCC1.CNC(=O)c1cc(Oc2ccc(-c3[nH]nc4ncnc(N)c34)c(F)c2)ccn1. The second-order valence-electron chi connectivity index (χ2n) is 9.93. The van der Waals surface area contributed by atoms with Gasteiger partial charge in [-0.3, -0.25) is 14.9 Å². The van der Waals surface area contributed by atoms with E-state index in [1.165, 1.54) is 37.8 Å². The molecule has 0 aliphatic carbocycles. The van der Waals surface area contributed by atoms with Crippen LogP contribution in [-0.2, 0) is 4.74 Å². The van der Waals surface area contributed by atoms with E-state index < -0.39 is 5.82 Å². The maximum atomic E-state index is 14.8. The fourth-order valence-corrected chi connectivity index (χ4v) is 3.92. The first-order valence-corrected chi connectivity index (χ1v) is 12.6. The van der Waals surface area contributed by atoms with E-state index in [0.717, 1.165) is 25.9 Å². The van der Waals surface area contributed by atoms with Crippen molar-refractivity contribution in [2.24, 2.45) is 0 Å². The Kier molecular flexibility index (Phi) is 8.41. The molecule has 0 saturated carbocycles. The van der Waals surface area contributed by atoms with Gasteiger partial charge in [-0.05, 0) is 51.8 Å². The fraction of sp³-hybridized carbons (Fsp3) is 0.333. The molecule has 210 valence electrons. The van der Waals surface area contributed by atoms with Crippen molar-refractivity contribution >= 4 is 28.9 Å². The third-order valence-corrected chi connectivity index (χ3v) is 5.77. The van der Waals surface area contributed by atoms with Crippen LogP contribution in [0.1, 0.15) is 44.1 Å². The first-order chi connectivity index (χ1) is 19.1. The van der Waals surface area contributed by atoms with Gasteiger partial charge in [0.25, 0.3) is 5.91 Å². The fourth-order valence-electron chi connectivity index (χ4n) is 3.92. The van der Waals surface area contributed by atoms with Crippen molar-refractivity contribution in [1.29, 1.82) is 0 Å². The van der Waals surface area contributed by atoms with Crippen LogP contribution in [0.4, 0.5) is 15.0 Å². The summed E-state index contributed by atoms with van der Waals surface area (Å²) in [5, 5.41) is 9.68. The van der Waals surface area contributed by atoms with E-state index in [-0.39, 0.29) is 40.4 Å². The molecule has 5 rings (SSSR count). The molecule has 0 unspecified atom stereocenters. The normalized spacial score (nSPS) is 13.0. The Balaban J connectivity index is 0.000000259. The number of ether oxygens (including phenoxy) is 2. The summed E-state index contributed by atoms with van der Waals surface area (Å²) >= 11 is 0. The van der Waals surface area contributed by atoms with Gasteiger partial charge in [-0.1, -0.05) is 0 Å². The van der Waals surface area contributed by atoms with Gasteiger partial charge in [-0.25, -0.2) is 19.2 Å². The number of fused-ring (bicyclic) bond motifs is 1. The van der Waals surface area contributed by atoms with Gasteiger partial charge in [-0.15, -0.1) is 0 Å². The first kappa shape index (κ1) is 28.2. The Labute approximate surface area is 230 Å². The largest absolute Gasteiger partial charge is 0.457 e. The van der Waals surface area contributed by atoms with Gasteiger partial charge < -0.3 is 25.4 Å². The second kappa shape index (κ2) is 11.9. The van der Waals surface area contributed by atoms with Gasteiger partial charge in [0.2, 0.25) is 0 Å². The summed E-state index contributed by atoms with van der Waals surface area (Å²) < 4.78 is 25.6. The van der Waals surface area contributed by atoms with Crippen LogP contribution in [0.15, 0.2) is 42.9 Å². The van der Waals surface area contributed by atoms with Crippen LogP contribution < -0.4 is 15.8 Å². The summed E-state index contributed by atoms with van der Waals surface area (Å²) in [5.74, 6) is -0.0921. The zero-order valence-corrected chi connectivity index (χ0v) is 22.7. The highest BCUT2D eigenvalue weighted by Gasteiger charge is 2.24. The first-order valence-electron chi connectivity index (χ1n) is 12.6. The van der Waals surface area contributed by atoms with Gasteiger partial charge in [0.1, 0.15) is 40.8 Å². The van der Waals surface area contributed by atoms with Crippen molar-refractivity contribution in [2.45, 2.75) is 39.2 Å². The summed E-state index contributed by atoms with van der Waals surface area (Å²) in [6.07, 6.45) is 4.78. The van der Waals surface area contributed by atoms with Crippen LogP contribution >= 0.6 is 0 Å². The number of aromatic amines is 1. The minimum atomic E-state index is -0.549. The molecule has 12 nitrogen and oxygen atoms in total. The third kappa shape index (κ3) is 6.79. The maximum absolute atomic E-state index is 14.8. The topological polar surface area (TPSA) is 161 Å². The number of hydrogen-bond acceptors (Lipinski definition) is 9. The van der Waals surface area contributed by atoms with Gasteiger partial charge in [0, 0.05) is 44.0 Å². The average Bonchev–Trinajstić information content (AvgIpc) is 3.60. The lowest BCUT2D eigenvalue weighted by atomic mass is 10.1. The molecule has 0 bridgehead atoms. The molecule has 4 aromatic rings. The number of carbonyl (C=O) groups excluding carboxylic acids is 2. The van der Waals surface area contributed by atoms with Crippen molar-refractivity contribution < 1.29 is 23.5 Å². The zero-order chi connectivity index (χ0) is 28.9. The van der Waals surface area contributed by atoms with E-state index in [0.29, 0.717) is 22.5 Å². The molecule has 1 fully saturated rings. The number of nitrogens with two attached hydrogens (primary N) is 1. The van der Waals surface area contributed by atoms with Crippen LogP contribution in [0.25, 0.3) is 22.3 Å². The highest BCUT2D eigenvalue weighted by molar-refractivity contribution is 5.98. The Morgan fingerprint density at radius 2 is 1.80 bits per heavy atom. The lowest BCUT2D eigenvalue weighted by molar-refractivity contribution is 0.0295.